The number of carbonyl (C=O) groups excluding carboxylic acids is 2. The molecule has 0 bridgehead atoms. The van der Waals surface area contributed by atoms with Gasteiger partial charge in [0.05, 0.1) is 11.6 Å². The van der Waals surface area contributed by atoms with Crippen LogP contribution in [0.4, 0.5) is 5.69 Å². The van der Waals surface area contributed by atoms with Gasteiger partial charge in [0.25, 0.3) is 5.91 Å². The zero-order valence-corrected chi connectivity index (χ0v) is 15.4. The van der Waals surface area contributed by atoms with Crippen molar-refractivity contribution < 1.29 is 9.59 Å². The number of Topliss-reactive ketones (excluding diaryl/α,β-unsaturated/α-hetero) is 1. The Morgan fingerprint density at radius 1 is 1.12 bits per heavy atom. The lowest BCUT2D eigenvalue weighted by Crippen LogP contribution is -2.25. The lowest BCUT2D eigenvalue weighted by molar-refractivity contribution is 0.0952. The molecule has 0 atom stereocenters. The second-order valence-corrected chi connectivity index (χ2v) is 6.39. The Labute approximate surface area is 155 Å². The molecule has 0 saturated heterocycles. The van der Waals surface area contributed by atoms with E-state index in [0.29, 0.717) is 41.9 Å². The summed E-state index contributed by atoms with van der Waals surface area (Å²) in [5, 5.41) is 15.0. The number of benzene rings is 2. The highest BCUT2D eigenvalue weighted by Gasteiger charge is 2.08. The maximum absolute atomic E-state index is 12.0. The van der Waals surface area contributed by atoms with Crippen LogP contribution in [0, 0.1) is 11.3 Å². The number of rotatable bonds is 7. The SMILES string of the molecule is CC(=O)c1ccc(C#N)cc1NCCCNC(=O)c1ccc(Br)cc1. The van der Waals surface area contributed by atoms with Crippen LogP contribution in [0.2, 0.25) is 0 Å². The summed E-state index contributed by atoms with van der Waals surface area (Å²) in [7, 11) is 0. The van der Waals surface area contributed by atoms with Crippen LogP contribution in [0.5, 0.6) is 0 Å². The molecule has 0 aliphatic heterocycles. The van der Waals surface area contributed by atoms with Crippen molar-refractivity contribution in [1.29, 1.82) is 5.26 Å². The second kappa shape index (κ2) is 9.00. The Kier molecular flexibility index (Phi) is 6.72. The first-order valence-electron chi connectivity index (χ1n) is 7.84. The Balaban J connectivity index is 1.83. The first-order chi connectivity index (χ1) is 12.0. The minimum Gasteiger partial charge on any atom is -0.384 e. The standard InChI is InChI=1S/C19H18BrN3O2/c1-13(24)17-8-3-14(12-21)11-18(17)22-9-2-10-23-19(25)15-4-6-16(20)7-5-15/h3-8,11,22H,2,9-10H2,1H3,(H,23,25). The van der Waals surface area contributed by atoms with E-state index in [-0.39, 0.29) is 11.7 Å². The Hall–Kier alpha value is -2.65. The van der Waals surface area contributed by atoms with E-state index >= 15 is 0 Å². The molecule has 0 heterocycles. The van der Waals surface area contributed by atoms with Crippen molar-refractivity contribution in [3.05, 3.63) is 63.6 Å². The minimum atomic E-state index is -0.122. The fraction of sp³-hybridized carbons (Fsp3) is 0.211. The molecule has 2 rings (SSSR count). The monoisotopic (exact) mass is 399 g/mol. The zero-order chi connectivity index (χ0) is 18.2. The molecule has 128 valence electrons. The average molecular weight is 400 g/mol. The molecule has 5 nitrogen and oxygen atoms in total. The topological polar surface area (TPSA) is 82.0 Å². The maximum atomic E-state index is 12.0. The number of nitriles is 1. The molecule has 1 amide bonds. The third-order valence-corrected chi connectivity index (χ3v) is 4.12. The van der Waals surface area contributed by atoms with E-state index in [9.17, 15) is 9.59 Å². The molecule has 0 aromatic heterocycles. The predicted octanol–water partition coefficient (Wildman–Crippen LogP) is 3.76. The second-order valence-electron chi connectivity index (χ2n) is 5.47. The van der Waals surface area contributed by atoms with E-state index in [4.69, 9.17) is 5.26 Å². The van der Waals surface area contributed by atoms with Crippen LogP contribution < -0.4 is 10.6 Å². The molecule has 6 heteroatoms. The Morgan fingerprint density at radius 3 is 2.48 bits per heavy atom. The number of nitrogens with one attached hydrogen (secondary N) is 2. The predicted molar refractivity (Wildman–Crippen MR) is 101 cm³/mol. The van der Waals surface area contributed by atoms with Gasteiger partial charge in [-0.2, -0.15) is 5.26 Å². The normalized spacial score (nSPS) is 9.96. The summed E-state index contributed by atoms with van der Waals surface area (Å²) in [6.07, 6.45) is 0.691. The molecular formula is C19H18BrN3O2. The van der Waals surface area contributed by atoms with E-state index in [1.54, 1.807) is 30.3 Å². The molecule has 0 unspecified atom stereocenters. The summed E-state index contributed by atoms with van der Waals surface area (Å²) >= 11 is 3.33. The van der Waals surface area contributed by atoms with Gasteiger partial charge in [0.15, 0.2) is 5.78 Å². The number of halogens is 1. The average Bonchev–Trinajstić information content (AvgIpc) is 2.61. The summed E-state index contributed by atoms with van der Waals surface area (Å²) in [5.74, 6) is -0.182. The largest absolute Gasteiger partial charge is 0.384 e. The molecule has 0 aliphatic rings. The third kappa shape index (κ3) is 5.44. The van der Waals surface area contributed by atoms with E-state index in [0.717, 1.165) is 4.47 Å². The number of amides is 1. The summed E-state index contributed by atoms with van der Waals surface area (Å²) in [4.78, 5) is 23.6. The van der Waals surface area contributed by atoms with Gasteiger partial charge >= 0.3 is 0 Å². The quantitative estimate of drug-likeness (QED) is 0.548. The van der Waals surface area contributed by atoms with Crippen LogP contribution in [0.3, 0.4) is 0 Å². The van der Waals surface area contributed by atoms with Crippen molar-refractivity contribution in [2.24, 2.45) is 0 Å². The van der Waals surface area contributed by atoms with Gasteiger partial charge in [-0.05, 0) is 55.8 Å². The number of carbonyl (C=O) groups is 2. The summed E-state index contributed by atoms with van der Waals surface area (Å²) in [6.45, 7) is 2.58. The zero-order valence-electron chi connectivity index (χ0n) is 13.8. The van der Waals surface area contributed by atoms with Crippen molar-refractivity contribution in [1.82, 2.24) is 5.32 Å². The van der Waals surface area contributed by atoms with Gasteiger partial charge < -0.3 is 10.6 Å². The van der Waals surface area contributed by atoms with Gasteiger partial charge in [0.2, 0.25) is 0 Å². The van der Waals surface area contributed by atoms with Crippen molar-refractivity contribution in [3.8, 4) is 6.07 Å². The minimum absolute atomic E-state index is 0.0597. The number of nitrogens with zero attached hydrogens (tertiary/aromatic N) is 1. The van der Waals surface area contributed by atoms with E-state index in [1.165, 1.54) is 6.92 Å². The summed E-state index contributed by atoms with van der Waals surface area (Å²) in [6, 6.07) is 14.2. The fourth-order valence-electron chi connectivity index (χ4n) is 2.28. The van der Waals surface area contributed by atoms with Crippen LogP contribution in [0.15, 0.2) is 46.9 Å². The highest BCUT2D eigenvalue weighted by Crippen LogP contribution is 2.18. The molecular weight excluding hydrogens is 382 g/mol. The molecule has 0 aliphatic carbocycles. The summed E-state index contributed by atoms with van der Waals surface area (Å²) in [5.41, 5.74) is 2.30. The highest BCUT2D eigenvalue weighted by molar-refractivity contribution is 9.10. The fourth-order valence-corrected chi connectivity index (χ4v) is 2.55. The van der Waals surface area contributed by atoms with Crippen LogP contribution in [-0.2, 0) is 0 Å². The molecule has 0 spiro atoms. The Morgan fingerprint density at radius 2 is 1.84 bits per heavy atom. The number of anilines is 1. The highest BCUT2D eigenvalue weighted by atomic mass is 79.9. The van der Waals surface area contributed by atoms with E-state index in [2.05, 4.69) is 32.6 Å². The van der Waals surface area contributed by atoms with Crippen molar-refractivity contribution in [2.75, 3.05) is 18.4 Å². The van der Waals surface area contributed by atoms with Crippen LogP contribution in [-0.4, -0.2) is 24.8 Å². The third-order valence-electron chi connectivity index (χ3n) is 3.59. The smallest absolute Gasteiger partial charge is 0.251 e. The Bertz CT molecular complexity index is 810. The van der Waals surface area contributed by atoms with Crippen LogP contribution >= 0.6 is 15.9 Å². The van der Waals surface area contributed by atoms with Gasteiger partial charge in [-0.25, -0.2) is 0 Å². The first kappa shape index (κ1) is 18.7. The van der Waals surface area contributed by atoms with Crippen molar-refractivity contribution in [2.45, 2.75) is 13.3 Å². The molecule has 25 heavy (non-hydrogen) atoms. The molecule has 0 radical (unpaired) electrons. The van der Waals surface area contributed by atoms with Gasteiger partial charge in [-0.1, -0.05) is 15.9 Å². The first-order valence-corrected chi connectivity index (χ1v) is 8.63. The summed E-state index contributed by atoms with van der Waals surface area (Å²) < 4.78 is 0.925. The lowest BCUT2D eigenvalue weighted by Gasteiger charge is -2.11. The molecule has 2 aromatic carbocycles. The number of ketones is 1. The molecule has 2 aromatic rings. The van der Waals surface area contributed by atoms with Gasteiger partial charge in [0, 0.05) is 34.4 Å². The van der Waals surface area contributed by atoms with E-state index in [1.807, 2.05) is 12.1 Å². The van der Waals surface area contributed by atoms with Crippen molar-refractivity contribution in [3.63, 3.8) is 0 Å². The number of hydrogen-bond acceptors (Lipinski definition) is 4. The van der Waals surface area contributed by atoms with Gasteiger partial charge in [-0.3, -0.25) is 9.59 Å². The molecule has 2 N–H and O–H groups in total. The van der Waals surface area contributed by atoms with Gasteiger partial charge in [-0.15, -0.1) is 0 Å². The maximum Gasteiger partial charge on any atom is 0.251 e. The molecule has 0 fully saturated rings. The lowest BCUT2D eigenvalue weighted by atomic mass is 10.1. The van der Waals surface area contributed by atoms with Crippen LogP contribution in [0.25, 0.3) is 0 Å². The van der Waals surface area contributed by atoms with Crippen LogP contribution in [0.1, 0.15) is 39.6 Å². The van der Waals surface area contributed by atoms with Gasteiger partial charge in [0.1, 0.15) is 0 Å². The van der Waals surface area contributed by atoms with Crippen molar-refractivity contribution >= 4 is 33.3 Å². The number of hydrogen-bond donors (Lipinski definition) is 2. The van der Waals surface area contributed by atoms with E-state index < -0.39 is 0 Å². The molecule has 0 saturated carbocycles.